The minimum absolute atomic E-state index is 0.0258. The molecule has 0 aromatic heterocycles. The Morgan fingerprint density at radius 1 is 1.38 bits per heavy atom. The summed E-state index contributed by atoms with van der Waals surface area (Å²) in [6.45, 7) is 4.30. The van der Waals surface area contributed by atoms with Crippen LogP contribution in [0.25, 0.3) is 0 Å². The summed E-state index contributed by atoms with van der Waals surface area (Å²) in [5.74, 6) is 0.637. The minimum Gasteiger partial charge on any atom is -0.497 e. The van der Waals surface area contributed by atoms with E-state index in [0.29, 0.717) is 6.04 Å². The second-order valence-electron chi connectivity index (χ2n) is 7.30. The number of methoxy groups -OCH3 is 1. The van der Waals surface area contributed by atoms with Gasteiger partial charge in [-0.25, -0.2) is 0 Å². The van der Waals surface area contributed by atoms with Gasteiger partial charge in [-0.2, -0.15) is 5.26 Å². The molecule has 24 heavy (non-hydrogen) atoms. The fourth-order valence-corrected chi connectivity index (χ4v) is 3.43. The van der Waals surface area contributed by atoms with Gasteiger partial charge in [0.25, 0.3) is 0 Å². The summed E-state index contributed by atoms with van der Waals surface area (Å²) in [6, 6.07) is 11.0. The number of hydrogen-bond acceptors (Lipinski definition) is 4. The number of carbonyl (C=O) groups is 1. The topological polar surface area (TPSA) is 65.4 Å². The average molecular weight is 327 g/mol. The molecule has 1 aromatic rings. The summed E-state index contributed by atoms with van der Waals surface area (Å²) >= 11 is 0. The zero-order valence-electron chi connectivity index (χ0n) is 14.6. The first-order valence-electron chi connectivity index (χ1n) is 8.58. The lowest BCUT2D eigenvalue weighted by Crippen LogP contribution is -2.45. The van der Waals surface area contributed by atoms with Crippen molar-refractivity contribution in [2.75, 3.05) is 13.7 Å². The van der Waals surface area contributed by atoms with Gasteiger partial charge < -0.3 is 10.1 Å². The van der Waals surface area contributed by atoms with E-state index in [1.54, 1.807) is 21.0 Å². The lowest BCUT2D eigenvalue weighted by molar-refractivity contribution is -0.127. The summed E-state index contributed by atoms with van der Waals surface area (Å²) in [7, 11) is 1.67. The van der Waals surface area contributed by atoms with E-state index in [9.17, 15) is 10.1 Å². The molecule has 1 amide bonds. The maximum absolute atomic E-state index is 12.5. The van der Waals surface area contributed by atoms with Crippen molar-refractivity contribution in [3.63, 3.8) is 0 Å². The van der Waals surface area contributed by atoms with E-state index in [1.165, 1.54) is 18.4 Å². The molecule has 1 aliphatic carbocycles. The third kappa shape index (κ3) is 3.25. The molecule has 0 spiro atoms. The van der Waals surface area contributed by atoms with Crippen LogP contribution in [-0.4, -0.2) is 36.5 Å². The number of nitrogens with one attached hydrogen (secondary N) is 1. The molecule has 0 radical (unpaired) electrons. The standard InChI is InChI=1S/C19H25N3O2/c1-19(2,12-20)18(23)21-16-9-10-22(14-7-8-14)17(16)13-5-4-6-15(11-13)24-3/h4-6,11,14,16-17H,7-10H2,1-3H3,(H,21,23)/t16-,17+/m1/s1. The molecule has 1 saturated carbocycles. The van der Waals surface area contributed by atoms with Gasteiger partial charge in [0.1, 0.15) is 11.2 Å². The molecule has 1 aliphatic heterocycles. The largest absolute Gasteiger partial charge is 0.497 e. The molecule has 1 heterocycles. The van der Waals surface area contributed by atoms with Crippen molar-refractivity contribution >= 4 is 5.91 Å². The lowest BCUT2D eigenvalue weighted by Gasteiger charge is -2.30. The fraction of sp³-hybridized carbons (Fsp3) is 0.579. The molecular formula is C19H25N3O2. The highest BCUT2D eigenvalue weighted by molar-refractivity contribution is 5.84. The van der Waals surface area contributed by atoms with Crippen molar-refractivity contribution < 1.29 is 9.53 Å². The maximum atomic E-state index is 12.5. The number of nitrogens with zero attached hydrogens (tertiary/aromatic N) is 2. The van der Waals surface area contributed by atoms with Crippen molar-refractivity contribution in [1.29, 1.82) is 5.26 Å². The van der Waals surface area contributed by atoms with Crippen LogP contribution in [0.15, 0.2) is 24.3 Å². The lowest BCUT2D eigenvalue weighted by atomic mass is 9.92. The fourth-order valence-electron chi connectivity index (χ4n) is 3.43. The van der Waals surface area contributed by atoms with Crippen molar-refractivity contribution in [3.8, 4) is 11.8 Å². The van der Waals surface area contributed by atoms with Gasteiger partial charge in [-0.05, 0) is 50.8 Å². The normalized spacial score (nSPS) is 24.4. The van der Waals surface area contributed by atoms with Crippen LogP contribution in [0, 0.1) is 16.7 Å². The smallest absolute Gasteiger partial charge is 0.240 e. The van der Waals surface area contributed by atoms with Crippen LogP contribution in [-0.2, 0) is 4.79 Å². The first kappa shape index (κ1) is 16.8. The van der Waals surface area contributed by atoms with E-state index >= 15 is 0 Å². The van der Waals surface area contributed by atoms with Crippen molar-refractivity contribution in [2.45, 2.75) is 51.2 Å². The third-order valence-electron chi connectivity index (χ3n) is 5.05. The van der Waals surface area contributed by atoms with Gasteiger partial charge in [0.15, 0.2) is 0 Å². The Morgan fingerprint density at radius 2 is 2.12 bits per heavy atom. The van der Waals surface area contributed by atoms with Crippen LogP contribution in [0.3, 0.4) is 0 Å². The average Bonchev–Trinajstić information content (AvgIpc) is 3.35. The van der Waals surface area contributed by atoms with E-state index in [0.717, 1.165) is 18.7 Å². The quantitative estimate of drug-likeness (QED) is 0.903. The van der Waals surface area contributed by atoms with Crippen molar-refractivity contribution in [1.82, 2.24) is 10.2 Å². The van der Waals surface area contributed by atoms with E-state index < -0.39 is 5.41 Å². The van der Waals surface area contributed by atoms with Crippen molar-refractivity contribution in [3.05, 3.63) is 29.8 Å². The summed E-state index contributed by atoms with van der Waals surface area (Å²) in [4.78, 5) is 15.0. The molecule has 2 fully saturated rings. The highest BCUT2D eigenvalue weighted by Crippen LogP contribution is 2.41. The molecule has 2 atom stereocenters. The SMILES string of the molecule is COc1cccc([C@H]2[C@H](NC(=O)C(C)(C)C#N)CCN2C2CC2)c1. The number of hydrogen-bond donors (Lipinski definition) is 1. The Hall–Kier alpha value is -2.06. The summed E-state index contributed by atoms with van der Waals surface area (Å²) < 4.78 is 5.36. The van der Waals surface area contributed by atoms with Crippen LogP contribution >= 0.6 is 0 Å². The predicted octanol–water partition coefficient (Wildman–Crippen LogP) is 2.64. The van der Waals surface area contributed by atoms with Crippen molar-refractivity contribution in [2.24, 2.45) is 5.41 Å². The van der Waals surface area contributed by atoms with Crippen LogP contribution < -0.4 is 10.1 Å². The van der Waals surface area contributed by atoms with Gasteiger partial charge in [0.05, 0.1) is 19.2 Å². The van der Waals surface area contributed by atoms with Gasteiger partial charge in [-0.15, -0.1) is 0 Å². The summed E-state index contributed by atoms with van der Waals surface area (Å²) in [6.07, 6.45) is 3.36. The van der Waals surface area contributed by atoms with E-state index in [1.807, 2.05) is 12.1 Å². The predicted molar refractivity (Wildman–Crippen MR) is 91.4 cm³/mol. The molecule has 3 rings (SSSR count). The second-order valence-corrected chi connectivity index (χ2v) is 7.30. The second kappa shape index (κ2) is 6.45. The highest BCUT2D eigenvalue weighted by Gasteiger charge is 2.44. The number of carbonyl (C=O) groups excluding carboxylic acids is 1. The van der Waals surface area contributed by atoms with Gasteiger partial charge in [-0.3, -0.25) is 9.69 Å². The summed E-state index contributed by atoms with van der Waals surface area (Å²) in [5.41, 5.74) is 0.158. The van der Waals surface area contributed by atoms with Crippen LogP contribution in [0.5, 0.6) is 5.75 Å². The molecule has 1 aromatic carbocycles. The molecular weight excluding hydrogens is 302 g/mol. The molecule has 0 unspecified atom stereocenters. The molecule has 2 aliphatic rings. The Labute approximate surface area is 143 Å². The molecule has 1 saturated heterocycles. The van der Waals surface area contributed by atoms with E-state index in [4.69, 9.17) is 4.74 Å². The van der Waals surface area contributed by atoms with Crippen LogP contribution in [0.4, 0.5) is 0 Å². The number of rotatable bonds is 5. The zero-order chi connectivity index (χ0) is 17.3. The van der Waals surface area contributed by atoms with E-state index in [-0.39, 0.29) is 18.0 Å². The molecule has 0 bridgehead atoms. The molecule has 1 N–H and O–H groups in total. The molecule has 128 valence electrons. The summed E-state index contributed by atoms with van der Waals surface area (Å²) in [5, 5.41) is 12.3. The molecule has 5 nitrogen and oxygen atoms in total. The number of likely N-dealkylation sites (tertiary alicyclic amines) is 1. The van der Waals surface area contributed by atoms with Gasteiger partial charge in [0.2, 0.25) is 5.91 Å². The van der Waals surface area contributed by atoms with Gasteiger partial charge in [-0.1, -0.05) is 12.1 Å². The Morgan fingerprint density at radius 3 is 2.75 bits per heavy atom. The Kier molecular flexibility index (Phi) is 4.51. The van der Waals surface area contributed by atoms with Gasteiger partial charge >= 0.3 is 0 Å². The minimum atomic E-state index is -1.01. The van der Waals surface area contributed by atoms with Crippen LogP contribution in [0.2, 0.25) is 0 Å². The number of nitriles is 1. The third-order valence-corrected chi connectivity index (χ3v) is 5.05. The first-order chi connectivity index (χ1) is 11.5. The first-order valence-corrected chi connectivity index (χ1v) is 8.58. The zero-order valence-corrected chi connectivity index (χ0v) is 14.6. The van der Waals surface area contributed by atoms with Gasteiger partial charge in [0, 0.05) is 18.6 Å². The monoisotopic (exact) mass is 327 g/mol. The Bertz CT molecular complexity index is 661. The Balaban J connectivity index is 1.85. The van der Waals surface area contributed by atoms with E-state index in [2.05, 4.69) is 28.4 Å². The van der Waals surface area contributed by atoms with Crippen LogP contribution in [0.1, 0.15) is 44.7 Å². The number of ether oxygens (including phenoxy) is 1. The molecule has 5 heteroatoms. The number of amides is 1. The highest BCUT2D eigenvalue weighted by atomic mass is 16.5. The maximum Gasteiger partial charge on any atom is 0.240 e. The number of benzene rings is 1.